The van der Waals surface area contributed by atoms with Gasteiger partial charge < -0.3 is 15.0 Å². The second kappa shape index (κ2) is 10.7. The Morgan fingerprint density at radius 2 is 1.90 bits per heavy atom. The molecule has 30 heavy (non-hydrogen) atoms. The van der Waals surface area contributed by atoms with E-state index in [1.807, 2.05) is 36.1 Å². The summed E-state index contributed by atoms with van der Waals surface area (Å²) >= 11 is 0. The third-order valence-corrected chi connectivity index (χ3v) is 5.01. The molecule has 0 spiro atoms. The van der Waals surface area contributed by atoms with Crippen LogP contribution in [0.15, 0.2) is 48.5 Å². The van der Waals surface area contributed by atoms with Gasteiger partial charge in [-0.25, -0.2) is 4.39 Å². The molecule has 160 valence electrons. The number of carbonyl (C=O) groups excluding carboxylic acids is 2. The summed E-state index contributed by atoms with van der Waals surface area (Å²) in [4.78, 5) is 28.8. The monoisotopic (exact) mass is 413 g/mol. The van der Waals surface area contributed by atoms with Crippen molar-refractivity contribution in [3.63, 3.8) is 0 Å². The Labute approximate surface area is 176 Å². The Bertz CT molecular complexity index is 874. The molecule has 0 aliphatic carbocycles. The molecule has 1 saturated heterocycles. The molecule has 0 aromatic heterocycles. The van der Waals surface area contributed by atoms with Gasteiger partial charge in [-0.1, -0.05) is 18.2 Å². The highest BCUT2D eigenvalue weighted by molar-refractivity contribution is 5.94. The first-order valence-electron chi connectivity index (χ1n) is 10.3. The van der Waals surface area contributed by atoms with E-state index in [0.717, 1.165) is 24.3 Å². The number of rotatable bonds is 7. The summed E-state index contributed by atoms with van der Waals surface area (Å²) in [6.07, 6.45) is 0.769. The van der Waals surface area contributed by atoms with Gasteiger partial charge in [0.15, 0.2) is 0 Å². The topological polar surface area (TPSA) is 61.9 Å². The molecular formula is C23H28FN3O3. The number of carbonyl (C=O) groups is 2. The normalized spacial score (nSPS) is 14.8. The zero-order chi connectivity index (χ0) is 21.3. The zero-order valence-electron chi connectivity index (χ0n) is 17.3. The SMILES string of the molecule is CCOc1cccc(CNC(=O)CN2CCCN(C(=O)c3cccc(F)c3)CC2)c1. The number of nitrogens with zero attached hydrogens (tertiary/aromatic N) is 2. The minimum absolute atomic E-state index is 0.0540. The highest BCUT2D eigenvalue weighted by Gasteiger charge is 2.21. The quantitative estimate of drug-likeness (QED) is 0.758. The van der Waals surface area contributed by atoms with Crippen LogP contribution in [0.5, 0.6) is 5.75 Å². The third kappa shape index (κ3) is 6.29. The summed E-state index contributed by atoms with van der Waals surface area (Å²) < 4.78 is 18.9. The molecule has 0 bridgehead atoms. The molecule has 6 nitrogen and oxygen atoms in total. The van der Waals surface area contributed by atoms with Crippen molar-refractivity contribution >= 4 is 11.8 Å². The molecule has 0 saturated carbocycles. The zero-order valence-corrected chi connectivity index (χ0v) is 17.3. The van der Waals surface area contributed by atoms with Crippen molar-refractivity contribution in [2.75, 3.05) is 39.3 Å². The Balaban J connectivity index is 1.47. The van der Waals surface area contributed by atoms with Gasteiger partial charge in [0.2, 0.25) is 5.91 Å². The highest BCUT2D eigenvalue weighted by Crippen LogP contribution is 2.13. The van der Waals surface area contributed by atoms with Crippen LogP contribution in [0.2, 0.25) is 0 Å². The Morgan fingerprint density at radius 3 is 2.70 bits per heavy atom. The van der Waals surface area contributed by atoms with E-state index in [1.165, 1.54) is 12.1 Å². The van der Waals surface area contributed by atoms with E-state index in [1.54, 1.807) is 17.0 Å². The summed E-state index contributed by atoms with van der Waals surface area (Å²) in [5, 5.41) is 2.94. The second-order valence-electron chi connectivity index (χ2n) is 7.29. The molecule has 0 radical (unpaired) electrons. The second-order valence-corrected chi connectivity index (χ2v) is 7.29. The smallest absolute Gasteiger partial charge is 0.254 e. The van der Waals surface area contributed by atoms with Crippen molar-refractivity contribution in [2.24, 2.45) is 0 Å². The fourth-order valence-electron chi connectivity index (χ4n) is 3.51. The summed E-state index contributed by atoms with van der Waals surface area (Å²) in [5.74, 6) is 0.150. The van der Waals surface area contributed by atoms with Crippen molar-refractivity contribution in [1.82, 2.24) is 15.1 Å². The van der Waals surface area contributed by atoms with Crippen molar-refractivity contribution < 1.29 is 18.7 Å². The molecule has 1 N–H and O–H groups in total. The maximum absolute atomic E-state index is 13.4. The molecule has 1 heterocycles. The van der Waals surface area contributed by atoms with Gasteiger partial charge in [-0.15, -0.1) is 0 Å². The number of nitrogens with one attached hydrogen (secondary N) is 1. The van der Waals surface area contributed by atoms with Gasteiger partial charge in [0.05, 0.1) is 13.2 Å². The van der Waals surface area contributed by atoms with E-state index >= 15 is 0 Å². The van der Waals surface area contributed by atoms with Gasteiger partial charge in [0, 0.05) is 38.3 Å². The van der Waals surface area contributed by atoms with E-state index in [4.69, 9.17) is 4.74 Å². The highest BCUT2D eigenvalue weighted by atomic mass is 19.1. The van der Waals surface area contributed by atoms with Crippen LogP contribution in [0.3, 0.4) is 0 Å². The van der Waals surface area contributed by atoms with E-state index < -0.39 is 5.82 Å². The summed E-state index contributed by atoms with van der Waals surface area (Å²) in [5.41, 5.74) is 1.34. The average molecular weight is 413 g/mol. The predicted octanol–water partition coefficient (Wildman–Crippen LogP) is 2.69. The molecule has 7 heteroatoms. The van der Waals surface area contributed by atoms with E-state index in [9.17, 15) is 14.0 Å². The standard InChI is InChI=1S/C23H28FN3O3/c1-2-30-21-9-3-6-18(14-21)16-25-22(28)17-26-10-5-11-27(13-12-26)23(29)19-7-4-8-20(24)15-19/h3-4,6-9,14-15H,2,5,10-13,16-17H2,1H3,(H,25,28). The lowest BCUT2D eigenvalue weighted by atomic mass is 10.2. The molecule has 3 rings (SSSR count). The van der Waals surface area contributed by atoms with Crippen LogP contribution < -0.4 is 10.1 Å². The van der Waals surface area contributed by atoms with Gasteiger partial charge >= 0.3 is 0 Å². The Morgan fingerprint density at radius 1 is 1.07 bits per heavy atom. The number of hydrogen-bond donors (Lipinski definition) is 1. The average Bonchev–Trinajstić information content (AvgIpc) is 2.98. The van der Waals surface area contributed by atoms with Gasteiger partial charge in [-0.2, -0.15) is 0 Å². The number of ether oxygens (including phenoxy) is 1. The fourth-order valence-corrected chi connectivity index (χ4v) is 3.51. The lowest BCUT2D eigenvalue weighted by Gasteiger charge is -2.22. The van der Waals surface area contributed by atoms with Crippen molar-refractivity contribution in [1.29, 1.82) is 0 Å². The van der Waals surface area contributed by atoms with Crippen LogP contribution >= 0.6 is 0 Å². The van der Waals surface area contributed by atoms with Gasteiger partial charge in [0.25, 0.3) is 5.91 Å². The molecular weight excluding hydrogens is 385 g/mol. The van der Waals surface area contributed by atoms with Crippen LogP contribution in [0.4, 0.5) is 4.39 Å². The summed E-state index contributed by atoms with van der Waals surface area (Å²) in [6, 6.07) is 13.4. The molecule has 0 unspecified atom stereocenters. The lowest BCUT2D eigenvalue weighted by Crippen LogP contribution is -2.39. The van der Waals surface area contributed by atoms with Crippen LogP contribution in [-0.4, -0.2) is 60.9 Å². The fraction of sp³-hybridized carbons (Fsp3) is 0.391. The van der Waals surface area contributed by atoms with E-state index in [0.29, 0.717) is 38.3 Å². The molecule has 1 aliphatic rings. The lowest BCUT2D eigenvalue weighted by molar-refractivity contribution is -0.122. The predicted molar refractivity (Wildman–Crippen MR) is 113 cm³/mol. The van der Waals surface area contributed by atoms with Gasteiger partial charge in [0.1, 0.15) is 11.6 Å². The number of benzene rings is 2. The minimum Gasteiger partial charge on any atom is -0.494 e. The first-order valence-corrected chi connectivity index (χ1v) is 10.3. The van der Waals surface area contributed by atoms with Crippen molar-refractivity contribution in [2.45, 2.75) is 19.9 Å². The van der Waals surface area contributed by atoms with E-state index in [2.05, 4.69) is 5.32 Å². The molecule has 0 atom stereocenters. The number of hydrogen-bond acceptors (Lipinski definition) is 4. The first kappa shape index (κ1) is 21.8. The minimum atomic E-state index is -0.416. The maximum atomic E-state index is 13.4. The number of halogens is 1. The Kier molecular flexibility index (Phi) is 7.79. The van der Waals surface area contributed by atoms with Crippen LogP contribution in [0, 0.1) is 5.82 Å². The van der Waals surface area contributed by atoms with E-state index in [-0.39, 0.29) is 18.4 Å². The third-order valence-electron chi connectivity index (χ3n) is 5.01. The van der Waals surface area contributed by atoms with Gasteiger partial charge in [-0.05, 0) is 49.2 Å². The largest absolute Gasteiger partial charge is 0.494 e. The Hall–Kier alpha value is -2.93. The molecule has 2 aromatic carbocycles. The number of amides is 2. The summed E-state index contributed by atoms with van der Waals surface area (Å²) in [6.45, 7) is 5.71. The van der Waals surface area contributed by atoms with Crippen molar-refractivity contribution in [3.05, 3.63) is 65.5 Å². The first-order chi connectivity index (χ1) is 14.5. The molecule has 1 aliphatic heterocycles. The molecule has 1 fully saturated rings. The van der Waals surface area contributed by atoms with Crippen LogP contribution in [-0.2, 0) is 11.3 Å². The van der Waals surface area contributed by atoms with Gasteiger partial charge in [-0.3, -0.25) is 14.5 Å². The molecule has 2 amide bonds. The van der Waals surface area contributed by atoms with Crippen molar-refractivity contribution in [3.8, 4) is 5.75 Å². The van der Waals surface area contributed by atoms with Crippen LogP contribution in [0.25, 0.3) is 0 Å². The van der Waals surface area contributed by atoms with Crippen LogP contribution in [0.1, 0.15) is 29.3 Å². The summed E-state index contributed by atoms with van der Waals surface area (Å²) in [7, 11) is 0. The maximum Gasteiger partial charge on any atom is 0.254 e. The molecule has 2 aromatic rings.